The molecule has 0 spiro atoms. The quantitative estimate of drug-likeness (QED) is 0.168. The maximum atomic E-state index is 13.1. The van der Waals surface area contributed by atoms with E-state index in [4.69, 9.17) is 4.74 Å². The Morgan fingerprint density at radius 3 is 2.03 bits per heavy atom. The molecule has 0 aliphatic carbocycles. The molecule has 0 saturated heterocycles. The lowest BCUT2D eigenvalue weighted by molar-refractivity contribution is 0.0545. The number of esters is 1. The molecule has 4 aromatic rings. The predicted molar refractivity (Wildman–Crippen MR) is 143 cm³/mol. The zero-order valence-corrected chi connectivity index (χ0v) is 20.2. The number of ether oxygens (including phenoxy) is 1. The zero-order valence-electron chi connectivity index (χ0n) is 20.2. The molecule has 4 rings (SSSR count). The van der Waals surface area contributed by atoms with Crippen molar-refractivity contribution in [2.45, 2.75) is 19.9 Å². The lowest BCUT2D eigenvalue weighted by Gasteiger charge is -2.22. The van der Waals surface area contributed by atoms with Gasteiger partial charge in [-0.2, -0.15) is 0 Å². The van der Waals surface area contributed by atoms with E-state index < -0.39 is 7.12 Å². The van der Waals surface area contributed by atoms with Gasteiger partial charge >= 0.3 is 13.1 Å². The molecule has 5 nitrogen and oxygen atoms in total. The van der Waals surface area contributed by atoms with Gasteiger partial charge in [0.1, 0.15) is 6.61 Å². The minimum atomic E-state index is -1.48. The Morgan fingerprint density at radius 1 is 0.914 bits per heavy atom. The highest BCUT2D eigenvalue weighted by Crippen LogP contribution is 2.34. The molecule has 0 atom stereocenters. The summed E-state index contributed by atoms with van der Waals surface area (Å²) in [4.78, 5) is 15.4. The Hall–Kier alpha value is -3.45. The zero-order chi connectivity index (χ0) is 24.9. The van der Waals surface area contributed by atoms with E-state index in [1.54, 1.807) is 6.07 Å². The van der Waals surface area contributed by atoms with Crippen LogP contribution < -0.4 is 5.46 Å². The molecular formula is C29H30BNO4. The van der Waals surface area contributed by atoms with Crippen molar-refractivity contribution < 1.29 is 19.6 Å². The fraction of sp³-hybridized carbons (Fsp3) is 0.207. The van der Waals surface area contributed by atoms with Gasteiger partial charge in [0, 0.05) is 13.1 Å². The lowest BCUT2D eigenvalue weighted by atomic mass is 9.76. The first-order valence-corrected chi connectivity index (χ1v) is 11.7. The summed E-state index contributed by atoms with van der Waals surface area (Å²) in [5.74, 6) is -0.348. The van der Waals surface area contributed by atoms with Crippen LogP contribution in [0.25, 0.3) is 21.5 Å². The Bertz CT molecular complexity index is 1320. The van der Waals surface area contributed by atoms with Crippen LogP contribution >= 0.6 is 0 Å². The number of carbonyl (C=O) groups excluding carboxylic acids is 1. The standard InChI is InChI=1S/C29H30BNO4/c1-20(2)19-35-29(32)28-24-13-7-5-11-22(24)26(23-12-6-8-14-25(23)28)18-31(3)17-16-21-10-4-9-15-27(21)30(33)34/h4-15,33-34H,1,16-19H2,2-3H3. The van der Waals surface area contributed by atoms with Crippen LogP contribution in [0.5, 0.6) is 0 Å². The number of rotatable bonds is 9. The minimum absolute atomic E-state index is 0.190. The maximum absolute atomic E-state index is 13.1. The Labute approximate surface area is 206 Å². The highest BCUT2D eigenvalue weighted by molar-refractivity contribution is 6.59. The molecule has 35 heavy (non-hydrogen) atoms. The molecule has 0 bridgehead atoms. The molecule has 2 N–H and O–H groups in total. The van der Waals surface area contributed by atoms with Crippen LogP contribution in [0, 0.1) is 0 Å². The van der Waals surface area contributed by atoms with Crippen molar-refractivity contribution >= 4 is 40.1 Å². The number of carbonyl (C=O) groups is 1. The summed E-state index contributed by atoms with van der Waals surface area (Å²) in [5.41, 5.74) is 3.97. The van der Waals surface area contributed by atoms with Crippen molar-refractivity contribution in [3.05, 3.63) is 102 Å². The molecule has 0 saturated carbocycles. The van der Waals surface area contributed by atoms with E-state index in [1.165, 1.54) is 0 Å². The first kappa shape index (κ1) is 24.7. The molecule has 0 aromatic heterocycles. The third-order valence-electron chi connectivity index (χ3n) is 6.22. The van der Waals surface area contributed by atoms with Crippen LogP contribution in [0.1, 0.15) is 28.4 Å². The molecule has 0 aliphatic heterocycles. The summed E-state index contributed by atoms with van der Waals surface area (Å²) in [7, 11) is 0.567. The summed E-state index contributed by atoms with van der Waals surface area (Å²) in [6, 6.07) is 23.3. The molecule has 6 heteroatoms. The number of hydrogen-bond donors (Lipinski definition) is 2. The maximum Gasteiger partial charge on any atom is 0.488 e. The third kappa shape index (κ3) is 5.46. The molecule has 0 radical (unpaired) electrons. The fourth-order valence-electron chi connectivity index (χ4n) is 4.54. The van der Waals surface area contributed by atoms with Crippen molar-refractivity contribution in [2.75, 3.05) is 20.2 Å². The summed E-state index contributed by atoms with van der Waals surface area (Å²) in [5, 5.41) is 23.1. The Morgan fingerprint density at radius 2 is 1.46 bits per heavy atom. The normalized spacial score (nSPS) is 11.2. The molecule has 0 amide bonds. The molecular weight excluding hydrogens is 437 g/mol. The Kier molecular flexibility index (Phi) is 7.66. The van der Waals surface area contributed by atoms with E-state index in [-0.39, 0.29) is 12.6 Å². The van der Waals surface area contributed by atoms with Crippen LogP contribution in [0.2, 0.25) is 0 Å². The average Bonchev–Trinajstić information content (AvgIpc) is 2.86. The monoisotopic (exact) mass is 467 g/mol. The second-order valence-electron chi connectivity index (χ2n) is 9.04. The smallest absolute Gasteiger partial charge is 0.458 e. The molecule has 4 aromatic carbocycles. The largest absolute Gasteiger partial charge is 0.488 e. The Balaban J connectivity index is 1.70. The molecule has 0 unspecified atom stereocenters. The van der Waals surface area contributed by atoms with Crippen LogP contribution in [0.3, 0.4) is 0 Å². The van der Waals surface area contributed by atoms with E-state index in [1.807, 2.05) is 61.5 Å². The van der Waals surface area contributed by atoms with Crippen LogP contribution in [-0.4, -0.2) is 48.2 Å². The first-order chi connectivity index (χ1) is 16.9. The van der Waals surface area contributed by atoms with E-state index in [0.717, 1.165) is 44.8 Å². The number of benzene rings is 4. The molecule has 178 valence electrons. The van der Waals surface area contributed by atoms with Gasteiger partial charge in [-0.1, -0.05) is 79.4 Å². The van der Waals surface area contributed by atoms with Gasteiger partial charge in [0.05, 0.1) is 5.56 Å². The van der Waals surface area contributed by atoms with Gasteiger partial charge < -0.3 is 19.7 Å². The van der Waals surface area contributed by atoms with Gasteiger partial charge in [0.2, 0.25) is 0 Å². The summed E-state index contributed by atoms with van der Waals surface area (Å²) in [6.07, 6.45) is 0.686. The van der Waals surface area contributed by atoms with Gasteiger partial charge in [-0.25, -0.2) is 4.79 Å². The number of likely N-dealkylation sites (N-methyl/N-ethyl adjacent to an activating group) is 1. The highest BCUT2D eigenvalue weighted by Gasteiger charge is 2.21. The van der Waals surface area contributed by atoms with Crippen LogP contribution in [-0.2, 0) is 17.7 Å². The predicted octanol–water partition coefficient (Wildman–Crippen LogP) is 4.08. The van der Waals surface area contributed by atoms with Gasteiger partial charge in [-0.15, -0.1) is 0 Å². The minimum Gasteiger partial charge on any atom is -0.458 e. The average molecular weight is 467 g/mol. The number of nitrogens with zero attached hydrogens (tertiary/aromatic N) is 1. The second kappa shape index (κ2) is 10.9. The first-order valence-electron chi connectivity index (χ1n) is 11.7. The SMILES string of the molecule is C=C(C)COC(=O)c1c2ccccc2c(CN(C)CCc2ccccc2B(O)O)c2ccccc12. The molecule has 0 fully saturated rings. The van der Waals surface area contributed by atoms with E-state index in [9.17, 15) is 14.8 Å². The third-order valence-corrected chi connectivity index (χ3v) is 6.22. The van der Waals surface area contributed by atoms with E-state index in [0.29, 0.717) is 24.0 Å². The van der Waals surface area contributed by atoms with Gasteiger partial charge in [0.15, 0.2) is 0 Å². The van der Waals surface area contributed by atoms with Crippen molar-refractivity contribution in [1.29, 1.82) is 0 Å². The van der Waals surface area contributed by atoms with Crippen molar-refractivity contribution in [3.63, 3.8) is 0 Å². The number of fused-ring (bicyclic) bond motifs is 2. The van der Waals surface area contributed by atoms with Crippen LogP contribution in [0.15, 0.2) is 84.9 Å². The van der Waals surface area contributed by atoms with Crippen molar-refractivity contribution in [3.8, 4) is 0 Å². The van der Waals surface area contributed by atoms with Gasteiger partial charge in [-0.3, -0.25) is 0 Å². The van der Waals surface area contributed by atoms with Crippen molar-refractivity contribution in [1.82, 2.24) is 4.90 Å². The lowest BCUT2D eigenvalue weighted by Crippen LogP contribution is -2.34. The second-order valence-corrected chi connectivity index (χ2v) is 9.04. The highest BCUT2D eigenvalue weighted by atomic mass is 16.5. The van der Waals surface area contributed by atoms with Gasteiger partial charge in [-0.05, 0) is 64.1 Å². The van der Waals surface area contributed by atoms with Gasteiger partial charge in [0.25, 0.3) is 0 Å². The molecule has 0 heterocycles. The fourth-order valence-corrected chi connectivity index (χ4v) is 4.54. The summed E-state index contributed by atoms with van der Waals surface area (Å²) < 4.78 is 5.55. The molecule has 0 aliphatic rings. The van der Waals surface area contributed by atoms with E-state index in [2.05, 4.69) is 30.7 Å². The number of hydrogen-bond acceptors (Lipinski definition) is 5. The van der Waals surface area contributed by atoms with Crippen LogP contribution in [0.4, 0.5) is 0 Å². The summed E-state index contributed by atoms with van der Waals surface area (Å²) >= 11 is 0. The van der Waals surface area contributed by atoms with E-state index >= 15 is 0 Å². The van der Waals surface area contributed by atoms with Crippen molar-refractivity contribution in [2.24, 2.45) is 0 Å². The topological polar surface area (TPSA) is 70.0 Å². The summed E-state index contributed by atoms with van der Waals surface area (Å²) in [6.45, 7) is 7.27.